The molecule has 0 atom stereocenters. The van der Waals surface area contributed by atoms with Crippen LogP contribution in [0.2, 0.25) is 0 Å². The van der Waals surface area contributed by atoms with Gasteiger partial charge in [-0.05, 0) is 23.8 Å². The average Bonchev–Trinajstić information content (AvgIpc) is 3.17. The summed E-state index contributed by atoms with van der Waals surface area (Å²) in [6.07, 6.45) is 2.59. The fourth-order valence-electron chi connectivity index (χ4n) is 3.25. The van der Waals surface area contributed by atoms with E-state index in [1.165, 1.54) is 11.3 Å². The van der Waals surface area contributed by atoms with Crippen molar-refractivity contribution in [1.82, 2.24) is 15.2 Å². The molecule has 6 nitrogen and oxygen atoms in total. The molecule has 0 unspecified atom stereocenters. The molecule has 1 fully saturated rings. The number of nitrogens with zero attached hydrogens (tertiary/aromatic N) is 3. The van der Waals surface area contributed by atoms with Gasteiger partial charge in [0.25, 0.3) is 0 Å². The molecule has 1 saturated heterocycles. The van der Waals surface area contributed by atoms with Crippen molar-refractivity contribution in [2.24, 2.45) is 0 Å². The Balaban J connectivity index is 1.70. The van der Waals surface area contributed by atoms with E-state index in [4.69, 9.17) is 15.5 Å². The lowest BCUT2D eigenvalue weighted by Crippen LogP contribution is -2.36. The predicted octanol–water partition coefficient (Wildman–Crippen LogP) is 3.09. The minimum atomic E-state index is 0.731. The minimum Gasteiger partial charge on any atom is -0.399 e. The van der Waals surface area contributed by atoms with E-state index in [9.17, 15) is 0 Å². The Morgan fingerprint density at radius 1 is 1.04 bits per heavy atom. The van der Waals surface area contributed by atoms with Crippen LogP contribution in [-0.2, 0) is 11.2 Å². The monoisotopic (exact) mass is 361 g/mol. The van der Waals surface area contributed by atoms with E-state index in [-0.39, 0.29) is 0 Å². The van der Waals surface area contributed by atoms with Gasteiger partial charge in [0.2, 0.25) is 0 Å². The van der Waals surface area contributed by atoms with Crippen molar-refractivity contribution in [2.75, 3.05) is 36.9 Å². The van der Waals surface area contributed by atoms with Crippen molar-refractivity contribution in [3.63, 3.8) is 0 Å². The molecule has 4 rings (SSSR count). The highest BCUT2D eigenvalue weighted by Crippen LogP contribution is 2.27. The number of H-pyrrole nitrogens is 1. The Morgan fingerprint density at radius 3 is 2.48 bits per heavy atom. The molecule has 3 aromatic rings. The number of rotatable bonds is 3. The molecule has 138 valence electrons. The number of morpholine rings is 1. The normalized spacial score (nSPS) is 14.1. The van der Waals surface area contributed by atoms with Gasteiger partial charge in [-0.25, -0.2) is 4.98 Å². The zero-order valence-electron chi connectivity index (χ0n) is 15.1. The van der Waals surface area contributed by atoms with Gasteiger partial charge in [0.1, 0.15) is 0 Å². The lowest BCUT2D eigenvalue weighted by molar-refractivity contribution is 0.123. The predicted molar refractivity (Wildman–Crippen MR) is 108 cm³/mol. The van der Waals surface area contributed by atoms with Crippen LogP contribution in [0.15, 0.2) is 60.8 Å². The summed E-state index contributed by atoms with van der Waals surface area (Å²) in [6, 6.07) is 18.0. The van der Waals surface area contributed by atoms with E-state index in [1.54, 1.807) is 0 Å². The number of aromatic amines is 1. The molecular weight excluding hydrogens is 338 g/mol. The van der Waals surface area contributed by atoms with Gasteiger partial charge in [0.15, 0.2) is 5.65 Å². The summed E-state index contributed by atoms with van der Waals surface area (Å²) in [5.41, 5.74) is 10.8. The number of pyridine rings is 1. The molecule has 2 aromatic heterocycles. The van der Waals surface area contributed by atoms with Crippen LogP contribution in [0.1, 0.15) is 11.3 Å². The zero-order chi connectivity index (χ0) is 18.5. The molecule has 0 saturated carbocycles. The van der Waals surface area contributed by atoms with Crippen LogP contribution in [0.4, 0.5) is 11.4 Å². The lowest BCUT2D eigenvalue weighted by Gasteiger charge is -2.29. The van der Waals surface area contributed by atoms with Crippen molar-refractivity contribution in [1.29, 1.82) is 0 Å². The van der Waals surface area contributed by atoms with Crippen molar-refractivity contribution in [2.45, 2.75) is 6.42 Å². The smallest absolute Gasteiger partial charge is 0.157 e. The first-order chi connectivity index (χ1) is 13.3. The fraction of sp³-hybridized carbons (Fsp3) is 0.238. The Labute approximate surface area is 158 Å². The molecule has 0 amide bonds. The van der Waals surface area contributed by atoms with Gasteiger partial charge in [0.05, 0.1) is 30.5 Å². The number of fused-ring (bicyclic) bond motifs is 1. The molecule has 1 aliphatic rings. The second kappa shape index (κ2) is 8.05. The van der Waals surface area contributed by atoms with Crippen molar-refractivity contribution < 1.29 is 4.74 Å². The lowest BCUT2D eigenvalue weighted by atomic mass is 10.1. The third-order valence-electron chi connectivity index (χ3n) is 4.61. The highest BCUT2D eigenvalue weighted by atomic mass is 16.5. The van der Waals surface area contributed by atoms with Crippen LogP contribution in [0.3, 0.4) is 0 Å². The maximum Gasteiger partial charge on any atom is 0.157 e. The number of hydrogen-bond acceptors (Lipinski definition) is 5. The number of nitrogen functional groups attached to an aromatic ring is 1. The molecule has 3 heterocycles. The highest BCUT2D eigenvalue weighted by molar-refractivity contribution is 5.89. The maximum atomic E-state index is 5.85. The molecule has 1 aromatic carbocycles. The second-order valence-corrected chi connectivity index (χ2v) is 6.55. The third-order valence-corrected chi connectivity index (χ3v) is 4.61. The first-order valence-electron chi connectivity index (χ1n) is 9.13. The summed E-state index contributed by atoms with van der Waals surface area (Å²) >= 11 is 0. The van der Waals surface area contributed by atoms with Gasteiger partial charge < -0.3 is 15.4 Å². The van der Waals surface area contributed by atoms with Crippen molar-refractivity contribution >= 4 is 22.4 Å². The molecule has 27 heavy (non-hydrogen) atoms. The quantitative estimate of drug-likeness (QED) is 0.749. The first kappa shape index (κ1) is 17.3. The van der Waals surface area contributed by atoms with Crippen LogP contribution in [0, 0.1) is 0 Å². The van der Waals surface area contributed by atoms with E-state index < -0.39 is 0 Å². The second-order valence-electron chi connectivity index (χ2n) is 6.55. The molecule has 0 bridgehead atoms. The summed E-state index contributed by atoms with van der Waals surface area (Å²) in [5.74, 6) is 0. The van der Waals surface area contributed by atoms with Gasteiger partial charge >= 0.3 is 0 Å². The van der Waals surface area contributed by atoms with Crippen LogP contribution >= 0.6 is 0 Å². The summed E-state index contributed by atoms with van der Waals surface area (Å²) in [6.45, 7) is 3.26. The molecule has 6 heteroatoms. The summed E-state index contributed by atoms with van der Waals surface area (Å²) in [5, 5.41) is 8.26. The number of ether oxygens (including phenoxy) is 1. The number of aromatic nitrogens is 3. The van der Waals surface area contributed by atoms with Gasteiger partial charge in [0, 0.05) is 30.9 Å². The minimum absolute atomic E-state index is 0.731. The van der Waals surface area contributed by atoms with Crippen LogP contribution < -0.4 is 10.6 Å². The first-order valence-corrected chi connectivity index (χ1v) is 9.13. The SMILES string of the molecule is Nc1ccccc(Cc2cc(N3CCOCC3)c3cn[nH]c3n2)cccc1. The number of hydrogen-bond donors (Lipinski definition) is 2. The number of nitrogens with two attached hydrogens (primary N) is 1. The van der Waals surface area contributed by atoms with Crippen LogP contribution in [-0.4, -0.2) is 41.5 Å². The topological polar surface area (TPSA) is 80.1 Å². The van der Waals surface area contributed by atoms with Crippen LogP contribution in [0.25, 0.3) is 11.0 Å². The van der Waals surface area contributed by atoms with E-state index >= 15 is 0 Å². The Bertz CT molecular complexity index is 949. The van der Waals surface area contributed by atoms with E-state index in [0.29, 0.717) is 0 Å². The van der Waals surface area contributed by atoms with Crippen molar-refractivity contribution in [3.05, 3.63) is 72.1 Å². The van der Waals surface area contributed by atoms with Gasteiger partial charge in [-0.15, -0.1) is 0 Å². The average molecular weight is 361 g/mol. The number of anilines is 2. The molecule has 0 spiro atoms. The van der Waals surface area contributed by atoms with E-state index in [0.717, 1.165) is 55.1 Å². The molecule has 0 radical (unpaired) electrons. The largest absolute Gasteiger partial charge is 0.399 e. The Kier molecular flexibility index (Phi) is 5.16. The number of nitrogens with one attached hydrogen (secondary N) is 1. The molecule has 1 aliphatic heterocycles. The maximum absolute atomic E-state index is 5.85. The van der Waals surface area contributed by atoms with Crippen LogP contribution in [0.5, 0.6) is 0 Å². The third kappa shape index (κ3) is 4.17. The van der Waals surface area contributed by atoms with Gasteiger partial charge in [-0.1, -0.05) is 36.4 Å². The summed E-state index contributed by atoms with van der Waals surface area (Å²) < 4.78 is 5.50. The highest BCUT2D eigenvalue weighted by Gasteiger charge is 2.16. The Hall–Kier alpha value is -3.12. The Morgan fingerprint density at radius 2 is 1.74 bits per heavy atom. The molecule has 3 N–H and O–H groups in total. The standard InChI is InChI=1S/C21H23N5O/c22-17-7-3-1-5-16(6-2-4-8-17)13-18-14-20(26-9-11-27-12-10-26)19-15-23-25-21(19)24-18/h1-8,14-15H,9-13,22H2,(H,23,24,25). The van der Waals surface area contributed by atoms with E-state index in [2.05, 4.69) is 33.3 Å². The van der Waals surface area contributed by atoms with Gasteiger partial charge in [-0.3, -0.25) is 5.10 Å². The van der Waals surface area contributed by atoms with Crippen molar-refractivity contribution in [3.8, 4) is 0 Å². The zero-order valence-corrected chi connectivity index (χ0v) is 15.1. The molecule has 0 aliphatic carbocycles. The van der Waals surface area contributed by atoms with Gasteiger partial charge in [-0.2, -0.15) is 5.10 Å². The molecular formula is C21H23N5O. The van der Waals surface area contributed by atoms with E-state index in [1.807, 2.05) is 42.6 Å². The summed E-state index contributed by atoms with van der Waals surface area (Å²) in [4.78, 5) is 7.12. The summed E-state index contributed by atoms with van der Waals surface area (Å²) in [7, 11) is 0. The fourth-order valence-corrected chi connectivity index (χ4v) is 3.25.